The number of phenols is 1. The molecule has 0 radical (unpaired) electrons. The maximum atomic E-state index is 12.6. The van der Waals surface area contributed by atoms with Crippen LogP contribution in [0.25, 0.3) is 11.0 Å². The number of pyridine rings is 1. The molecule has 3 aromatic rings. The van der Waals surface area contributed by atoms with E-state index in [0.717, 1.165) is 23.9 Å². The van der Waals surface area contributed by atoms with Gasteiger partial charge in [-0.1, -0.05) is 25.0 Å². The van der Waals surface area contributed by atoms with Gasteiger partial charge in [0.2, 0.25) is 0 Å². The second-order valence-corrected chi connectivity index (χ2v) is 6.35. The van der Waals surface area contributed by atoms with Crippen molar-refractivity contribution in [1.29, 1.82) is 0 Å². The summed E-state index contributed by atoms with van der Waals surface area (Å²) in [6.45, 7) is 0. The van der Waals surface area contributed by atoms with E-state index in [1.165, 1.54) is 12.8 Å². The SMILES string of the molecule is Cn1c(=O)n(C2CCCC2)c2cc(Nc3ccccc3O)ncc21. The van der Waals surface area contributed by atoms with Crippen molar-refractivity contribution in [2.75, 3.05) is 5.32 Å². The Hall–Kier alpha value is -2.76. The second-order valence-electron chi connectivity index (χ2n) is 6.35. The van der Waals surface area contributed by atoms with Gasteiger partial charge in [-0.15, -0.1) is 0 Å². The number of hydrogen-bond donors (Lipinski definition) is 2. The molecule has 1 aromatic carbocycles. The summed E-state index contributed by atoms with van der Waals surface area (Å²) in [4.78, 5) is 17.0. The van der Waals surface area contributed by atoms with Crippen molar-refractivity contribution in [2.45, 2.75) is 31.7 Å². The van der Waals surface area contributed by atoms with Crippen molar-refractivity contribution in [1.82, 2.24) is 14.1 Å². The third-order valence-electron chi connectivity index (χ3n) is 4.83. The van der Waals surface area contributed by atoms with Crippen molar-refractivity contribution < 1.29 is 5.11 Å². The fourth-order valence-corrected chi connectivity index (χ4v) is 3.56. The molecule has 2 N–H and O–H groups in total. The Bertz CT molecular complexity index is 951. The lowest BCUT2D eigenvalue weighted by molar-refractivity contribution is 0.477. The zero-order valence-corrected chi connectivity index (χ0v) is 13.6. The predicted molar refractivity (Wildman–Crippen MR) is 93.9 cm³/mol. The monoisotopic (exact) mass is 324 g/mol. The van der Waals surface area contributed by atoms with Crippen molar-refractivity contribution in [3.63, 3.8) is 0 Å². The molecular formula is C18H20N4O2. The lowest BCUT2D eigenvalue weighted by Crippen LogP contribution is -2.24. The lowest BCUT2D eigenvalue weighted by Gasteiger charge is -2.12. The first-order valence-electron chi connectivity index (χ1n) is 8.27. The van der Waals surface area contributed by atoms with Crippen LogP contribution in [-0.4, -0.2) is 19.2 Å². The van der Waals surface area contributed by atoms with E-state index >= 15 is 0 Å². The predicted octanol–water partition coefficient (Wildman–Crippen LogP) is 3.30. The van der Waals surface area contributed by atoms with Crippen LogP contribution in [0, 0.1) is 0 Å². The van der Waals surface area contributed by atoms with Gasteiger partial charge in [0.25, 0.3) is 0 Å². The summed E-state index contributed by atoms with van der Waals surface area (Å²) in [7, 11) is 1.79. The van der Waals surface area contributed by atoms with Crippen LogP contribution in [-0.2, 0) is 7.05 Å². The van der Waals surface area contributed by atoms with Gasteiger partial charge in [-0.05, 0) is 25.0 Å². The third-order valence-corrected chi connectivity index (χ3v) is 4.83. The zero-order valence-electron chi connectivity index (χ0n) is 13.6. The molecule has 0 spiro atoms. The molecule has 2 aromatic heterocycles. The fraction of sp³-hybridized carbons (Fsp3) is 0.333. The molecule has 4 rings (SSSR count). The molecule has 0 aliphatic heterocycles. The number of aryl methyl sites for hydroxylation is 1. The summed E-state index contributed by atoms with van der Waals surface area (Å²) in [6, 6.07) is 9.18. The summed E-state index contributed by atoms with van der Waals surface area (Å²) < 4.78 is 3.56. The first-order valence-corrected chi connectivity index (χ1v) is 8.27. The van der Waals surface area contributed by atoms with Gasteiger partial charge < -0.3 is 10.4 Å². The quantitative estimate of drug-likeness (QED) is 0.725. The zero-order chi connectivity index (χ0) is 16.7. The van der Waals surface area contributed by atoms with E-state index in [0.29, 0.717) is 11.5 Å². The van der Waals surface area contributed by atoms with Crippen molar-refractivity contribution in [3.05, 3.63) is 47.0 Å². The number of anilines is 2. The van der Waals surface area contributed by atoms with Gasteiger partial charge >= 0.3 is 5.69 Å². The Balaban J connectivity index is 1.81. The van der Waals surface area contributed by atoms with Crippen LogP contribution in [0.4, 0.5) is 11.5 Å². The van der Waals surface area contributed by atoms with Crippen LogP contribution in [0.5, 0.6) is 5.75 Å². The summed E-state index contributed by atoms with van der Waals surface area (Å²) in [5.74, 6) is 0.780. The number of nitrogens with zero attached hydrogens (tertiary/aromatic N) is 3. The number of aromatic nitrogens is 3. The van der Waals surface area contributed by atoms with Gasteiger partial charge in [0.15, 0.2) is 0 Å². The number of para-hydroxylation sites is 2. The molecule has 0 saturated heterocycles. The smallest absolute Gasteiger partial charge is 0.329 e. The summed E-state index contributed by atoms with van der Waals surface area (Å²) >= 11 is 0. The largest absolute Gasteiger partial charge is 0.506 e. The number of nitrogens with one attached hydrogen (secondary N) is 1. The number of aromatic hydroxyl groups is 1. The van der Waals surface area contributed by atoms with Gasteiger partial charge in [-0.2, -0.15) is 0 Å². The van der Waals surface area contributed by atoms with Crippen LogP contribution in [0.3, 0.4) is 0 Å². The Kier molecular flexibility index (Phi) is 3.52. The number of phenolic OH excluding ortho intramolecular Hbond substituents is 1. The van der Waals surface area contributed by atoms with Gasteiger partial charge in [0.1, 0.15) is 11.6 Å². The Labute approximate surface area is 139 Å². The van der Waals surface area contributed by atoms with Crippen molar-refractivity contribution in [3.8, 4) is 5.75 Å². The molecule has 2 heterocycles. The minimum Gasteiger partial charge on any atom is -0.506 e. The minimum absolute atomic E-state index is 0.0124. The topological polar surface area (TPSA) is 72.1 Å². The normalized spacial score (nSPS) is 15.2. The van der Waals surface area contributed by atoms with E-state index in [2.05, 4.69) is 10.3 Å². The molecular weight excluding hydrogens is 304 g/mol. The van der Waals surface area contributed by atoms with Gasteiger partial charge in [-0.25, -0.2) is 9.78 Å². The summed E-state index contributed by atoms with van der Waals surface area (Å²) in [6.07, 6.45) is 6.14. The highest BCUT2D eigenvalue weighted by atomic mass is 16.3. The van der Waals surface area contributed by atoms with Crippen molar-refractivity contribution >= 4 is 22.5 Å². The maximum absolute atomic E-state index is 12.6. The Morgan fingerprint density at radius 3 is 2.71 bits per heavy atom. The number of imidazole rings is 1. The average molecular weight is 324 g/mol. The molecule has 6 nitrogen and oxygen atoms in total. The lowest BCUT2D eigenvalue weighted by atomic mass is 10.2. The highest BCUT2D eigenvalue weighted by Gasteiger charge is 2.23. The molecule has 6 heteroatoms. The standard InChI is InChI=1S/C18H20N4O2/c1-21-15-11-19-17(20-13-8-4-5-9-16(13)23)10-14(15)22(18(21)24)12-6-2-3-7-12/h4-5,8-12,23H,2-3,6-7H2,1H3,(H,19,20). The molecule has 1 saturated carbocycles. The number of fused-ring (bicyclic) bond motifs is 1. The van der Waals surface area contributed by atoms with Gasteiger partial charge in [0, 0.05) is 19.2 Å². The molecule has 124 valence electrons. The van der Waals surface area contributed by atoms with Gasteiger partial charge in [-0.3, -0.25) is 9.13 Å². The van der Waals surface area contributed by atoms with Crippen LogP contribution in [0.2, 0.25) is 0 Å². The van der Waals surface area contributed by atoms with Gasteiger partial charge in [0.05, 0.1) is 22.9 Å². The first-order chi connectivity index (χ1) is 11.6. The molecule has 1 fully saturated rings. The fourth-order valence-electron chi connectivity index (χ4n) is 3.56. The van der Waals surface area contributed by atoms with Crippen LogP contribution < -0.4 is 11.0 Å². The average Bonchev–Trinajstić information content (AvgIpc) is 3.18. The number of benzene rings is 1. The van der Waals surface area contributed by atoms with Crippen LogP contribution in [0.1, 0.15) is 31.7 Å². The highest BCUT2D eigenvalue weighted by molar-refractivity contribution is 5.79. The number of hydrogen-bond acceptors (Lipinski definition) is 4. The third kappa shape index (κ3) is 2.35. The minimum atomic E-state index is 0.0124. The van der Waals surface area contributed by atoms with Crippen LogP contribution >= 0.6 is 0 Å². The number of rotatable bonds is 3. The summed E-state index contributed by atoms with van der Waals surface area (Å²) in [5.41, 5.74) is 2.32. The highest BCUT2D eigenvalue weighted by Crippen LogP contribution is 2.32. The molecule has 0 amide bonds. The van der Waals surface area contributed by atoms with E-state index in [1.54, 1.807) is 36.0 Å². The summed E-state index contributed by atoms with van der Waals surface area (Å²) in [5, 5.41) is 13.0. The second kappa shape index (κ2) is 5.70. The maximum Gasteiger partial charge on any atom is 0.329 e. The van der Waals surface area contributed by atoms with E-state index in [4.69, 9.17) is 0 Å². The molecule has 0 unspecified atom stereocenters. The van der Waals surface area contributed by atoms with E-state index in [9.17, 15) is 9.90 Å². The molecule has 1 aliphatic rings. The van der Waals surface area contributed by atoms with E-state index in [-0.39, 0.29) is 17.5 Å². The Morgan fingerprint density at radius 2 is 1.96 bits per heavy atom. The molecule has 1 aliphatic carbocycles. The molecule has 0 bridgehead atoms. The van der Waals surface area contributed by atoms with E-state index in [1.807, 2.05) is 16.7 Å². The Morgan fingerprint density at radius 1 is 1.21 bits per heavy atom. The van der Waals surface area contributed by atoms with Crippen LogP contribution in [0.15, 0.2) is 41.3 Å². The molecule has 0 atom stereocenters. The molecule has 24 heavy (non-hydrogen) atoms. The van der Waals surface area contributed by atoms with Crippen molar-refractivity contribution in [2.24, 2.45) is 7.05 Å². The first kappa shape index (κ1) is 14.8. The van der Waals surface area contributed by atoms with E-state index < -0.39 is 0 Å².